The van der Waals surface area contributed by atoms with Crippen LogP contribution in [-0.4, -0.2) is 36.2 Å². The molecule has 1 heterocycles. The van der Waals surface area contributed by atoms with Gasteiger partial charge in [-0.2, -0.15) is 0 Å². The van der Waals surface area contributed by atoms with E-state index in [0.29, 0.717) is 12.5 Å². The monoisotopic (exact) mass is 235 g/mol. The van der Waals surface area contributed by atoms with Crippen LogP contribution in [0, 0.1) is 5.92 Å². The molecule has 0 aliphatic carbocycles. The number of piperidine rings is 1. The standard InChI is InChI=1S/C12H25NO.ClH/c1-2-3-4-5-8-13-9-6-12(11-14)7-10-13;/h12,14H,2-11H2,1H3;1H. The highest BCUT2D eigenvalue weighted by Crippen LogP contribution is 2.16. The first-order chi connectivity index (χ1) is 6.86. The Morgan fingerprint density at radius 1 is 1.13 bits per heavy atom. The van der Waals surface area contributed by atoms with E-state index >= 15 is 0 Å². The predicted octanol–water partition coefficient (Wildman–Crippen LogP) is 2.69. The van der Waals surface area contributed by atoms with Gasteiger partial charge in [-0.3, -0.25) is 0 Å². The molecular formula is C12H26ClNO. The Labute approximate surface area is 100 Å². The van der Waals surface area contributed by atoms with Crippen molar-refractivity contribution in [2.45, 2.75) is 45.4 Å². The molecular weight excluding hydrogens is 210 g/mol. The van der Waals surface area contributed by atoms with Crippen LogP contribution in [0.2, 0.25) is 0 Å². The molecule has 0 spiro atoms. The number of hydrogen-bond acceptors (Lipinski definition) is 2. The van der Waals surface area contributed by atoms with Crippen molar-refractivity contribution in [2.75, 3.05) is 26.2 Å². The maximum absolute atomic E-state index is 9.00. The van der Waals surface area contributed by atoms with Crippen molar-refractivity contribution in [2.24, 2.45) is 5.92 Å². The summed E-state index contributed by atoms with van der Waals surface area (Å²) in [6, 6.07) is 0. The largest absolute Gasteiger partial charge is 0.396 e. The zero-order valence-electron chi connectivity index (χ0n) is 9.95. The maximum Gasteiger partial charge on any atom is 0.0460 e. The van der Waals surface area contributed by atoms with Gasteiger partial charge in [0.15, 0.2) is 0 Å². The SMILES string of the molecule is CCCCCCN1CCC(CO)CC1.Cl. The van der Waals surface area contributed by atoms with E-state index in [1.807, 2.05) is 0 Å². The Kier molecular flexibility index (Phi) is 9.57. The van der Waals surface area contributed by atoms with Crippen LogP contribution in [0.15, 0.2) is 0 Å². The average molecular weight is 236 g/mol. The van der Waals surface area contributed by atoms with Crippen LogP contribution in [0.5, 0.6) is 0 Å². The molecule has 0 aromatic rings. The van der Waals surface area contributed by atoms with Crippen LogP contribution in [0.3, 0.4) is 0 Å². The Morgan fingerprint density at radius 2 is 1.80 bits per heavy atom. The van der Waals surface area contributed by atoms with E-state index in [2.05, 4.69) is 11.8 Å². The van der Waals surface area contributed by atoms with Crippen molar-refractivity contribution in [3.8, 4) is 0 Å². The minimum absolute atomic E-state index is 0. The molecule has 0 saturated carbocycles. The van der Waals surface area contributed by atoms with E-state index in [9.17, 15) is 0 Å². The molecule has 0 unspecified atom stereocenters. The molecule has 15 heavy (non-hydrogen) atoms. The normalized spacial score (nSPS) is 18.8. The van der Waals surface area contributed by atoms with Crippen LogP contribution < -0.4 is 0 Å². The summed E-state index contributed by atoms with van der Waals surface area (Å²) in [7, 11) is 0. The van der Waals surface area contributed by atoms with E-state index < -0.39 is 0 Å². The summed E-state index contributed by atoms with van der Waals surface area (Å²) in [5.74, 6) is 0.585. The summed E-state index contributed by atoms with van der Waals surface area (Å²) in [5, 5.41) is 9.00. The molecule has 1 aliphatic heterocycles. The first kappa shape index (κ1) is 15.2. The molecule has 2 nitrogen and oxygen atoms in total. The van der Waals surface area contributed by atoms with Gasteiger partial charge in [0, 0.05) is 6.61 Å². The third kappa shape index (κ3) is 6.39. The average Bonchev–Trinajstić information content (AvgIpc) is 2.25. The number of nitrogens with zero attached hydrogens (tertiary/aromatic N) is 1. The van der Waals surface area contributed by atoms with Gasteiger partial charge in [-0.1, -0.05) is 26.2 Å². The maximum atomic E-state index is 9.00. The molecule has 1 fully saturated rings. The number of halogens is 1. The number of aliphatic hydroxyl groups excluding tert-OH is 1. The molecule has 1 N–H and O–H groups in total. The number of likely N-dealkylation sites (tertiary alicyclic amines) is 1. The molecule has 92 valence electrons. The Hall–Kier alpha value is 0.210. The third-order valence-corrected chi connectivity index (χ3v) is 3.29. The topological polar surface area (TPSA) is 23.5 Å². The highest BCUT2D eigenvalue weighted by molar-refractivity contribution is 5.85. The Balaban J connectivity index is 0.00000196. The fourth-order valence-corrected chi connectivity index (χ4v) is 2.15. The molecule has 1 aliphatic rings. The molecule has 3 heteroatoms. The number of unbranched alkanes of at least 4 members (excludes halogenated alkanes) is 3. The third-order valence-electron chi connectivity index (χ3n) is 3.29. The minimum Gasteiger partial charge on any atom is -0.396 e. The second-order valence-electron chi connectivity index (χ2n) is 4.53. The van der Waals surface area contributed by atoms with E-state index in [1.54, 1.807) is 0 Å². The summed E-state index contributed by atoms with van der Waals surface area (Å²) in [6.45, 7) is 6.34. The van der Waals surface area contributed by atoms with Crippen LogP contribution in [0.25, 0.3) is 0 Å². The van der Waals surface area contributed by atoms with Gasteiger partial charge in [0.2, 0.25) is 0 Å². The summed E-state index contributed by atoms with van der Waals surface area (Å²) in [4.78, 5) is 2.56. The minimum atomic E-state index is 0. The lowest BCUT2D eigenvalue weighted by Crippen LogP contribution is -2.35. The van der Waals surface area contributed by atoms with Gasteiger partial charge < -0.3 is 10.0 Å². The highest BCUT2D eigenvalue weighted by atomic mass is 35.5. The summed E-state index contributed by atoms with van der Waals surface area (Å²) in [5.41, 5.74) is 0. The predicted molar refractivity (Wildman–Crippen MR) is 67.6 cm³/mol. The zero-order valence-corrected chi connectivity index (χ0v) is 10.8. The van der Waals surface area contributed by atoms with E-state index in [0.717, 1.165) is 0 Å². The van der Waals surface area contributed by atoms with Crippen LogP contribution >= 0.6 is 12.4 Å². The van der Waals surface area contributed by atoms with E-state index in [1.165, 1.54) is 58.2 Å². The van der Waals surface area contributed by atoms with Gasteiger partial charge >= 0.3 is 0 Å². The van der Waals surface area contributed by atoms with Crippen molar-refractivity contribution < 1.29 is 5.11 Å². The van der Waals surface area contributed by atoms with Crippen LogP contribution in [0.4, 0.5) is 0 Å². The van der Waals surface area contributed by atoms with Crippen LogP contribution in [-0.2, 0) is 0 Å². The lowest BCUT2D eigenvalue weighted by atomic mass is 9.98. The Morgan fingerprint density at radius 3 is 2.33 bits per heavy atom. The van der Waals surface area contributed by atoms with Gasteiger partial charge in [0.05, 0.1) is 0 Å². The molecule has 0 aromatic heterocycles. The molecule has 0 amide bonds. The molecule has 1 rings (SSSR count). The highest BCUT2D eigenvalue weighted by Gasteiger charge is 2.17. The van der Waals surface area contributed by atoms with Crippen molar-refractivity contribution in [1.82, 2.24) is 4.90 Å². The quantitative estimate of drug-likeness (QED) is 0.716. The van der Waals surface area contributed by atoms with Gasteiger partial charge in [0.25, 0.3) is 0 Å². The molecule has 0 bridgehead atoms. The van der Waals surface area contributed by atoms with Gasteiger partial charge in [-0.25, -0.2) is 0 Å². The van der Waals surface area contributed by atoms with Crippen LogP contribution in [0.1, 0.15) is 45.4 Å². The fourth-order valence-electron chi connectivity index (χ4n) is 2.15. The van der Waals surface area contributed by atoms with Gasteiger partial charge in [-0.05, 0) is 44.8 Å². The van der Waals surface area contributed by atoms with E-state index in [4.69, 9.17) is 5.11 Å². The number of aliphatic hydroxyl groups is 1. The first-order valence-electron chi connectivity index (χ1n) is 6.20. The molecule has 1 saturated heterocycles. The lowest BCUT2D eigenvalue weighted by Gasteiger charge is -2.30. The fraction of sp³-hybridized carbons (Fsp3) is 1.00. The smallest absolute Gasteiger partial charge is 0.0460 e. The second-order valence-corrected chi connectivity index (χ2v) is 4.53. The number of rotatable bonds is 6. The number of hydrogen-bond donors (Lipinski definition) is 1. The molecule has 0 aromatic carbocycles. The summed E-state index contributed by atoms with van der Waals surface area (Å²) >= 11 is 0. The second kappa shape index (κ2) is 9.44. The zero-order chi connectivity index (χ0) is 10.2. The molecule has 0 radical (unpaired) electrons. The Bertz CT molecular complexity index is 136. The van der Waals surface area contributed by atoms with Crippen molar-refractivity contribution in [1.29, 1.82) is 0 Å². The van der Waals surface area contributed by atoms with Crippen molar-refractivity contribution in [3.63, 3.8) is 0 Å². The van der Waals surface area contributed by atoms with Gasteiger partial charge in [-0.15, -0.1) is 12.4 Å². The van der Waals surface area contributed by atoms with Gasteiger partial charge in [0.1, 0.15) is 0 Å². The van der Waals surface area contributed by atoms with Crippen molar-refractivity contribution in [3.05, 3.63) is 0 Å². The summed E-state index contributed by atoms with van der Waals surface area (Å²) < 4.78 is 0. The summed E-state index contributed by atoms with van der Waals surface area (Å²) in [6.07, 6.45) is 7.85. The van der Waals surface area contributed by atoms with Crippen molar-refractivity contribution >= 4 is 12.4 Å². The van der Waals surface area contributed by atoms with E-state index in [-0.39, 0.29) is 12.4 Å². The lowest BCUT2D eigenvalue weighted by molar-refractivity contribution is 0.130. The first-order valence-corrected chi connectivity index (χ1v) is 6.20. The molecule has 0 atom stereocenters.